The number of hydrogen-bond donors (Lipinski definition) is 0. The molecule has 0 nitrogen and oxygen atoms in total. The Morgan fingerprint density at radius 1 is 0.263 bits per heavy atom. The summed E-state index contributed by atoms with van der Waals surface area (Å²) in [6, 6.07) is 53.2. The van der Waals surface area contributed by atoms with Crippen LogP contribution in [-0.2, 0) is 0 Å². The van der Waals surface area contributed by atoms with Crippen LogP contribution < -0.4 is 0 Å². The van der Waals surface area contributed by atoms with Crippen molar-refractivity contribution >= 4 is 21.5 Å². The Balaban J connectivity index is 1.57. The molecule has 0 saturated carbocycles. The van der Waals surface area contributed by atoms with Gasteiger partial charge in [0.1, 0.15) is 0 Å². The molecule has 7 aromatic carbocycles. The molecule has 0 amide bonds. The Hall–Kier alpha value is -4.94. The number of benzene rings is 7. The van der Waals surface area contributed by atoms with Gasteiger partial charge in [0.25, 0.3) is 0 Å². The molecule has 0 N–H and O–H groups in total. The SMILES string of the molecule is c1ccc(-c2cc(-c3ccc4ccccc4c3)c(-c3ccccc3)c3c2-c2cccc4cccc-3c24)cc1. The third kappa shape index (κ3) is 3.11. The third-order valence-electron chi connectivity index (χ3n) is 7.98. The summed E-state index contributed by atoms with van der Waals surface area (Å²) < 4.78 is 0. The van der Waals surface area contributed by atoms with Crippen LogP contribution in [0, 0.1) is 0 Å². The maximum atomic E-state index is 2.44. The predicted octanol–water partition coefficient (Wildman–Crippen LogP) is 10.6. The Morgan fingerprint density at radius 2 is 0.842 bits per heavy atom. The van der Waals surface area contributed by atoms with E-state index >= 15 is 0 Å². The zero-order chi connectivity index (χ0) is 25.1. The summed E-state index contributed by atoms with van der Waals surface area (Å²) in [5, 5.41) is 5.17. The molecule has 0 bridgehead atoms. The van der Waals surface area contributed by atoms with Gasteiger partial charge in [0.05, 0.1) is 0 Å². The average molecular weight is 481 g/mol. The minimum absolute atomic E-state index is 1.24. The van der Waals surface area contributed by atoms with E-state index in [4.69, 9.17) is 0 Å². The molecule has 0 aromatic heterocycles. The van der Waals surface area contributed by atoms with Crippen molar-refractivity contribution in [3.8, 4) is 55.6 Å². The third-order valence-corrected chi connectivity index (χ3v) is 7.98. The van der Waals surface area contributed by atoms with Gasteiger partial charge in [-0.25, -0.2) is 0 Å². The normalized spacial score (nSPS) is 11.7. The van der Waals surface area contributed by atoms with Crippen molar-refractivity contribution in [3.05, 3.63) is 146 Å². The molecule has 0 saturated heterocycles. The summed E-state index contributed by atoms with van der Waals surface area (Å²) >= 11 is 0. The second-order valence-corrected chi connectivity index (χ2v) is 10.1. The van der Waals surface area contributed by atoms with Gasteiger partial charge in [-0.15, -0.1) is 0 Å². The van der Waals surface area contributed by atoms with Gasteiger partial charge in [-0.3, -0.25) is 0 Å². The zero-order valence-corrected chi connectivity index (χ0v) is 20.9. The van der Waals surface area contributed by atoms with E-state index in [9.17, 15) is 0 Å². The highest BCUT2D eigenvalue weighted by Crippen LogP contribution is 2.57. The van der Waals surface area contributed by atoms with Gasteiger partial charge < -0.3 is 0 Å². The predicted molar refractivity (Wildman–Crippen MR) is 162 cm³/mol. The first-order chi connectivity index (χ1) is 18.9. The van der Waals surface area contributed by atoms with Gasteiger partial charge in [0.15, 0.2) is 0 Å². The minimum Gasteiger partial charge on any atom is -0.0622 e. The largest absolute Gasteiger partial charge is 0.0622 e. The summed E-state index contributed by atoms with van der Waals surface area (Å²) in [6.07, 6.45) is 0. The molecule has 0 unspecified atom stereocenters. The molecule has 1 aliphatic carbocycles. The molecule has 38 heavy (non-hydrogen) atoms. The molecule has 0 heteroatoms. The molecule has 0 spiro atoms. The quantitative estimate of drug-likeness (QED) is 0.236. The average Bonchev–Trinajstić information content (AvgIpc) is 3.33. The lowest BCUT2D eigenvalue weighted by molar-refractivity contribution is 1.57. The molecular weight excluding hydrogens is 456 g/mol. The van der Waals surface area contributed by atoms with Crippen LogP contribution in [0.1, 0.15) is 0 Å². The summed E-state index contributed by atoms with van der Waals surface area (Å²) in [5.41, 5.74) is 12.9. The summed E-state index contributed by atoms with van der Waals surface area (Å²) in [4.78, 5) is 0. The van der Waals surface area contributed by atoms with Crippen molar-refractivity contribution in [1.82, 2.24) is 0 Å². The van der Waals surface area contributed by atoms with Crippen LogP contribution in [0.15, 0.2) is 146 Å². The second-order valence-electron chi connectivity index (χ2n) is 10.1. The van der Waals surface area contributed by atoms with E-state index in [-0.39, 0.29) is 0 Å². The van der Waals surface area contributed by atoms with Crippen molar-refractivity contribution in [3.63, 3.8) is 0 Å². The van der Waals surface area contributed by atoms with Crippen molar-refractivity contribution in [1.29, 1.82) is 0 Å². The summed E-state index contributed by atoms with van der Waals surface area (Å²) in [5.74, 6) is 0. The lowest BCUT2D eigenvalue weighted by atomic mass is 9.82. The van der Waals surface area contributed by atoms with E-state index in [1.54, 1.807) is 0 Å². The molecule has 176 valence electrons. The first kappa shape index (κ1) is 21.2. The zero-order valence-electron chi connectivity index (χ0n) is 20.9. The van der Waals surface area contributed by atoms with Crippen molar-refractivity contribution in [2.24, 2.45) is 0 Å². The van der Waals surface area contributed by atoms with Gasteiger partial charge in [0, 0.05) is 0 Å². The Labute approximate surface area is 222 Å². The van der Waals surface area contributed by atoms with Crippen LogP contribution in [-0.4, -0.2) is 0 Å². The Bertz CT molecular complexity index is 1990. The molecule has 0 heterocycles. The van der Waals surface area contributed by atoms with Crippen molar-refractivity contribution in [2.45, 2.75) is 0 Å². The fraction of sp³-hybridized carbons (Fsp3) is 0. The van der Waals surface area contributed by atoms with Crippen molar-refractivity contribution in [2.75, 3.05) is 0 Å². The van der Waals surface area contributed by atoms with Crippen molar-refractivity contribution < 1.29 is 0 Å². The van der Waals surface area contributed by atoms with Gasteiger partial charge in [0.2, 0.25) is 0 Å². The van der Waals surface area contributed by atoms with E-state index < -0.39 is 0 Å². The lowest BCUT2D eigenvalue weighted by Crippen LogP contribution is -1.94. The van der Waals surface area contributed by atoms with Gasteiger partial charge >= 0.3 is 0 Å². The van der Waals surface area contributed by atoms with E-state index in [1.807, 2.05) is 0 Å². The summed E-state index contributed by atoms with van der Waals surface area (Å²) in [7, 11) is 0. The lowest BCUT2D eigenvalue weighted by Gasteiger charge is -2.21. The van der Waals surface area contributed by atoms with Crippen LogP contribution in [0.4, 0.5) is 0 Å². The highest BCUT2D eigenvalue weighted by atomic mass is 14.3. The fourth-order valence-electron chi connectivity index (χ4n) is 6.32. The van der Waals surface area contributed by atoms with E-state index in [0.29, 0.717) is 0 Å². The summed E-state index contributed by atoms with van der Waals surface area (Å²) in [6.45, 7) is 0. The molecule has 8 rings (SSSR count). The monoisotopic (exact) mass is 480 g/mol. The van der Waals surface area contributed by atoms with Gasteiger partial charge in [-0.1, -0.05) is 133 Å². The number of rotatable bonds is 3. The smallest absolute Gasteiger partial charge is 0.000764 e. The maximum Gasteiger partial charge on any atom is -0.000764 e. The topological polar surface area (TPSA) is 0 Å². The fourth-order valence-corrected chi connectivity index (χ4v) is 6.32. The van der Waals surface area contributed by atoms with E-state index in [1.165, 1.54) is 77.2 Å². The van der Waals surface area contributed by atoms with E-state index in [0.717, 1.165) is 0 Å². The molecule has 0 aliphatic heterocycles. The minimum atomic E-state index is 1.24. The highest BCUT2D eigenvalue weighted by molar-refractivity contribution is 6.22. The first-order valence-corrected chi connectivity index (χ1v) is 13.2. The number of fused-ring (bicyclic) bond motifs is 4. The van der Waals surface area contributed by atoms with Gasteiger partial charge in [-0.2, -0.15) is 0 Å². The maximum absolute atomic E-state index is 2.44. The highest BCUT2D eigenvalue weighted by Gasteiger charge is 2.29. The molecule has 0 fully saturated rings. The first-order valence-electron chi connectivity index (χ1n) is 13.2. The van der Waals surface area contributed by atoms with Crippen LogP contribution in [0.2, 0.25) is 0 Å². The van der Waals surface area contributed by atoms with Crippen LogP contribution in [0.3, 0.4) is 0 Å². The molecule has 7 aromatic rings. The Morgan fingerprint density at radius 3 is 1.58 bits per heavy atom. The molecule has 1 aliphatic rings. The molecular formula is C38H24. The second kappa shape index (κ2) is 8.30. The van der Waals surface area contributed by atoms with Crippen LogP contribution in [0.5, 0.6) is 0 Å². The van der Waals surface area contributed by atoms with Gasteiger partial charge in [-0.05, 0) is 89.3 Å². The van der Waals surface area contributed by atoms with Crippen LogP contribution in [0.25, 0.3) is 77.2 Å². The standard InChI is InChI=1S/C38H24/c1-3-12-26(13-4-1)33-24-34(30-22-21-25-11-7-8-16-29(25)23-30)36(28-14-5-2-6-15-28)38-32-20-10-18-27-17-9-19-31(35(27)32)37(33)38/h1-24H. The van der Waals surface area contributed by atoms with E-state index in [2.05, 4.69) is 146 Å². The Kier molecular flexibility index (Phi) is 4.62. The number of hydrogen-bond acceptors (Lipinski definition) is 0. The molecule has 0 radical (unpaired) electrons. The molecule has 0 atom stereocenters. The van der Waals surface area contributed by atoms with Crippen LogP contribution >= 0.6 is 0 Å².